The summed E-state index contributed by atoms with van der Waals surface area (Å²) in [6.07, 6.45) is 11.9. The zero-order chi connectivity index (χ0) is 17.1. The number of carbonyl (C=O) groups excluding carboxylic acids is 1. The number of urea groups is 1. The Balaban J connectivity index is 1.21. The number of piperidine rings is 1. The lowest BCUT2D eigenvalue weighted by molar-refractivity contribution is 0.186. The number of amides is 2. The molecule has 2 fully saturated rings. The van der Waals surface area contributed by atoms with Gasteiger partial charge in [-0.25, -0.2) is 14.8 Å². The molecule has 1 saturated carbocycles. The predicted molar refractivity (Wildman–Crippen MR) is 94.3 cm³/mol. The number of nitrogens with one attached hydrogen (secondary N) is 2. The van der Waals surface area contributed by atoms with Gasteiger partial charge < -0.3 is 15.5 Å². The van der Waals surface area contributed by atoms with Crippen LogP contribution in [0.1, 0.15) is 31.2 Å². The fourth-order valence-electron chi connectivity index (χ4n) is 3.34. The fourth-order valence-corrected chi connectivity index (χ4v) is 3.34. The lowest BCUT2D eigenvalue weighted by Crippen LogP contribution is -2.48. The molecule has 2 N–H and O–H groups in total. The van der Waals surface area contributed by atoms with E-state index in [2.05, 4.69) is 25.5 Å². The quantitative estimate of drug-likeness (QED) is 0.869. The summed E-state index contributed by atoms with van der Waals surface area (Å²) in [5.41, 5.74) is 0.975. The monoisotopic (exact) mass is 340 g/mol. The summed E-state index contributed by atoms with van der Waals surface area (Å²) in [6, 6.07) is 4.91. The molecule has 0 bridgehead atoms. The summed E-state index contributed by atoms with van der Waals surface area (Å²) in [4.78, 5) is 23.1. The number of hydrogen-bond acceptors (Lipinski definition) is 4. The molecule has 1 aliphatic heterocycles. The van der Waals surface area contributed by atoms with Gasteiger partial charge in [0.2, 0.25) is 0 Å². The van der Waals surface area contributed by atoms with Crippen molar-refractivity contribution < 1.29 is 4.79 Å². The van der Waals surface area contributed by atoms with E-state index in [1.165, 1.54) is 12.8 Å². The van der Waals surface area contributed by atoms with Crippen LogP contribution in [-0.4, -0.2) is 50.6 Å². The second-order valence-electron chi connectivity index (χ2n) is 6.86. The van der Waals surface area contributed by atoms with Crippen molar-refractivity contribution in [2.75, 3.05) is 13.1 Å². The van der Waals surface area contributed by atoms with E-state index in [-0.39, 0.29) is 12.1 Å². The van der Waals surface area contributed by atoms with Gasteiger partial charge in [-0.15, -0.1) is 0 Å². The standard InChI is InChI=1S/C18H24N6O/c25-18(22-15-5-8-23(9-6-15)16-2-3-16)21-12-14-1-4-17(20-11-14)24-10-7-19-13-24/h1,4,7,10-11,13,15-16H,2-3,5-6,8-9,12H2,(H2,21,22,25). The first kappa shape index (κ1) is 16.1. The van der Waals surface area contributed by atoms with Crippen LogP contribution in [0.4, 0.5) is 4.79 Å². The van der Waals surface area contributed by atoms with Crippen molar-refractivity contribution >= 4 is 6.03 Å². The van der Waals surface area contributed by atoms with E-state index in [1.54, 1.807) is 18.7 Å². The van der Waals surface area contributed by atoms with Gasteiger partial charge in [-0.05, 0) is 37.3 Å². The van der Waals surface area contributed by atoms with Crippen LogP contribution < -0.4 is 10.6 Å². The molecule has 7 heteroatoms. The summed E-state index contributed by atoms with van der Waals surface area (Å²) in [6.45, 7) is 2.69. The van der Waals surface area contributed by atoms with Crippen LogP contribution in [0.25, 0.3) is 5.82 Å². The Hall–Kier alpha value is -2.41. The maximum absolute atomic E-state index is 12.1. The first-order chi connectivity index (χ1) is 12.3. The van der Waals surface area contributed by atoms with Gasteiger partial charge in [0.1, 0.15) is 12.1 Å². The normalized spacial score (nSPS) is 18.9. The molecule has 1 saturated heterocycles. The Labute approximate surface area is 147 Å². The molecule has 0 aromatic carbocycles. The van der Waals surface area contributed by atoms with Gasteiger partial charge in [-0.1, -0.05) is 6.07 Å². The first-order valence-corrected chi connectivity index (χ1v) is 8.99. The van der Waals surface area contributed by atoms with Gasteiger partial charge in [0.05, 0.1) is 0 Å². The van der Waals surface area contributed by atoms with Gasteiger partial charge in [0, 0.05) is 50.3 Å². The Kier molecular flexibility index (Phi) is 4.65. The summed E-state index contributed by atoms with van der Waals surface area (Å²) in [5, 5.41) is 6.02. The number of aromatic nitrogens is 3. The topological polar surface area (TPSA) is 75.1 Å². The maximum atomic E-state index is 12.1. The number of hydrogen-bond donors (Lipinski definition) is 2. The Bertz CT molecular complexity index is 687. The molecule has 2 amide bonds. The van der Waals surface area contributed by atoms with E-state index in [1.807, 2.05) is 22.9 Å². The maximum Gasteiger partial charge on any atom is 0.315 e. The highest BCUT2D eigenvalue weighted by molar-refractivity contribution is 5.74. The molecule has 3 heterocycles. The number of imidazole rings is 1. The largest absolute Gasteiger partial charge is 0.335 e. The smallest absolute Gasteiger partial charge is 0.315 e. The summed E-state index contributed by atoms with van der Waals surface area (Å²) < 4.78 is 1.85. The Morgan fingerprint density at radius 3 is 2.68 bits per heavy atom. The molecule has 0 unspecified atom stereocenters. The van der Waals surface area contributed by atoms with E-state index in [0.29, 0.717) is 6.54 Å². The zero-order valence-electron chi connectivity index (χ0n) is 14.3. The highest BCUT2D eigenvalue weighted by Crippen LogP contribution is 2.29. The third-order valence-corrected chi connectivity index (χ3v) is 4.96. The van der Waals surface area contributed by atoms with E-state index < -0.39 is 0 Å². The number of rotatable bonds is 5. The van der Waals surface area contributed by atoms with Gasteiger partial charge in [-0.3, -0.25) is 4.57 Å². The van der Waals surface area contributed by atoms with Gasteiger partial charge in [0.15, 0.2) is 0 Å². The number of nitrogens with zero attached hydrogens (tertiary/aromatic N) is 4. The zero-order valence-corrected chi connectivity index (χ0v) is 14.3. The van der Waals surface area contributed by atoms with Gasteiger partial charge in [0.25, 0.3) is 0 Å². The van der Waals surface area contributed by atoms with Crippen LogP contribution in [0.15, 0.2) is 37.1 Å². The molecule has 0 radical (unpaired) electrons. The van der Waals surface area contributed by atoms with Gasteiger partial charge >= 0.3 is 6.03 Å². The number of carbonyl (C=O) groups is 1. The highest BCUT2D eigenvalue weighted by atomic mass is 16.2. The fraction of sp³-hybridized carbons (Fsp3) is 0.500. The molecule has 1 aliphatic carbocycles. The predicted octanol–water partition coefficient (Wildman–Crippen LogP) is 1.69. The van der Waals surface area contributed by atoms with Crippen LogP contribution in [0.2, 0.25) is 0 Å². The molecule has 25 heavy (non-hydrogen) atoms. The third-order valence-electron chi connectivity index (χ3n) is 4.96. The number of pyridine rings is 1. The molecule has 7 nitrogen and oxygen atoms in total. The van der Waals surface area contributed by atoms with Crippen molar-refractivity contribution in [3.8, 4) is 5.82 Å². The molecule has 2 aromatic heterocycles. The van der Waals surface area contributed by atoms with Crippen molar-refractivity contribution in [2.24, 2.45) is 0 Å². The minimum atomic E-state index is -0.0939. The molecule has 2 aliphatic rings. The first-order valence-electron chi connectivity index (χ1n) is 8.99. The molecule has 2 aromatic rings. The summed E-state index contributed by atoms with van der Waals surface area (Å²) >= 11 is 0. The summed E-state index contributed by atoms with van der Waals surface area (Å²) in [5.74, 6) is 0.813. The Morgan fingerprint density at radius 1 is 1.20 bits per heavy atom. The SMILES string of the molecule is O=C(NCc1ccc(-n2ccnc2)nc1)NC1CCN(C2CC2)CC1. The molecular formula is C18H24N6O. The van der Waals surface area contributed by atoms with Crippen molar-refractivity contribution in [1.29, 1.82) is 0 Å². The second kappa shape index (κ2) is 7.23. The highest BCUT2D eigenvalue weighted by Gasteiger charge is 2.32. The van der Waals surface area contributed by atoms with E-state index >= 15 is 0 Å². The van der Waals surface area contributed by atoms with Crippen molar-refractivity contribution in [2.45, 2.75) is 44.3 Å². The minimum absolute atomic E-state index is 0.0939. The lowest BCUT2D eigenvalue weighted by Gasteiger charge is -2.32. The van der Waals surface area contributed by atoms with Crippen LogP contribution >= 0.6 is 0 Å². The van der Waals surface area contributed by atoms with Crippen molar-refractivity contribution in [3.63, 3.8) is 0 Å². The van der Waals surface area contributed by atoms with Crippen LogP contribution in [-0.2, 0) is 6.54 Å². The van der Waals surface area contributed by atoms with E-state index in [4.69, 9.17) is 0 Å². The molecule has 0 spiro atoms. The third kappa shape index (κ3) is 4.17. The van der Waals surface area contributed by atoms with Crippen LogP contribution in [0.5, 0.6) is 0 Å². The number of likely N-dealkylation sites (tertiary alicyclic amines) is 1. The van der Waals surface area contributed by atoms with Crippen molar-refractivity contribution in [1.82, 2.24) is 30.1 Å². The molecule has 132 valence electrons. The second-order valence-corrected chi connectivity index (χ2v) is 6.86. The van der Waals surface area contributed by atoms with E-state index in [0.717, 1.165) is 43.4 Å². The average Bonchev–Trinajstić information content (AvgIpc) is 3.35. The van der Waals surface area contributed by atoms with Gasteiger partial charge in [-0.2, -0.15) is 0 Å². The minimum Gasteiger partial charge on any atom is -0.335 e. The van der Waals surface area contributed by atoms with Crippen LogP contribution in [0, 0.1) is 0 Å². The molecular weight excluding hydrogens is 316 g/mol. The van der Waals surface area contributed by atoms with E-state index in [9.17, 15) is 4.79 Å². The molecule has 4 rings (SSSR count). The van der Waals surface area contributed by atoms with Crippen molar-refractivity contribution in [3.05, 3.63) is 42.6 Å². The summed E-state index contributed by atoms with van der Waals surface area (Å²) in [7, 11) is 0. The van der Waals surface area contributed by atoms with Crippen LogP contribution in [0.3, 0.4) is 0 Å². The Morgan fingerprint density at radius 2 is 2.04 bits per heavy atom. The lowest BCUT2D eigenvalue weighted by atomic mass is 10.1. The molecule has 0 atom stereocenters. The average molecular weight is 340 g/mol.